The Kier molecular flexibility index (Phi) is 4.45. The zero-order chi connectivity index (χ0) is 15.5. The van der Waals surface area contributed by atoms with Crippen LogP contribution in [-0.2, 0) is 4.79 Å². The van der Waals surface area contributed by atoms with Crippen LogP contribution in [0, 0.1) is 12.8 Å². The lowest BCUT2D eigenvalue weighted by Crippen LogP contribution is -2.37. The van der Waals surface area contributed by atoms with Crippen molar-refractivity contribution in [2.45, 2.75) is 39.0 Å². The van der Waals surface area contributed by atoms with E-state index in [1.54, 1.807) is 0 Å². The van der Waals surface area contributed by atoms with E-state index in [1.807, 2.05) is 13.0 Å². The second-order valence-electron chi connectivity index (χ2n) is 6.31. The van der Waals surface area contributed by atoms with Crippen molar-refractivity contribution in [1.82, 2.24) is 9.97 Å². The summed E-state index contributed by atoms with van der Waals surface area (Å²) in [4.78, 5) is 24.9. The summed E-state index contributed by atoms with van der Waals surface area (Å²) in [5.41, 5.74) is 0.978. The van der Waals surface area contributed by atoms with Gasteiger partial charge in [0.05, 0.1) is 5.92 Å². The van der Waals surface area contributed by atoms with E-state index in [0.29, 0.717) is 12.8 Å². The van der Waals surface area contributed by atoms with Gasteiger partial charge in [-0.3, -0.25) is 4.79 Å². The second-order valence-corrected chi connectivity index (χ2v) is 6.31. The Hall–Kier alpha value is -1.85. The van der Waals surface area contributed by atoms with Crippen LogP contribution in [0.3, 0.4) is 0 Å². The molecule has 2 fully saturated rings. The Morgan fingerprint density at radius 1 is 1.09 bits per heavy atom. The molecule has 0 aliphatic carbocycles. The van der Waals surface area contributed by atoms with Crippen LogP contribution in [0.25, 0.3) is 0 Å². The average molecular weight is 304 g/mol. The van der Waals surface area contributed by atoms with Crippen LogP contribution >= 0.6 is 0 Å². The van der Waals surface area contributed by atoms with Crippen LogP contribution < -0.4 is 9.80 Å². The molecule has 0 aromatic carbocycles. The van der Waals surface area contributed by atoms with Crippen molar-refractivity contribution in [3.8, 4) is 0 Å². The fourth-order valence-electron chi connectivity index (χ4n) is 3.29. The molecule has 2 saturated heterocycles. The Morgan fingerprint density at radius 3 is 2.41 bits per heavy atom. The topological polar surface area (TPSA) is 69.6 Å². The standard InChI is InChI=1S/C16H24N4O2/c1-12-11-14(19-9-5-13(6-10-19)15(21)22)18-16(17-12)20-7-3-2-4-8-20/h11,13H,2-10H2,1H3,(H,21,22). The normalized spacial score (nSPS) is 20.2. The highest BCUT2D eigenvalue weighted by atomic mass is 16.4. The van der Waals surface area contributed by atoms with Gasteiger partial charge in [0, 0.05) is 37.9 Å². The molecule has 2 aliphatic heterocycles. The number of aromatic nitrogens is 2. The summed E-state index contributed by atoms with van der Waals surface area (Å²) in [5.74, 6) is 0.889. The molecular formula is C16H24N4O2. The molecule has 1 aromatic heterocycles. The number of carboxylic acids is 1. The number of aliphatic carboxylic acids is 1. The van der Waals surface area contributed by atoms with Crippen molar-refractivity contribution in [3.05, 3.63) is 11.8 Å². The van der Waals surface area contributed by atoms with Gasteiger partial charge >= 0.3 is 5.97 Å². The van der Waals surface area contributed by atoms with Crippen molar-refractivity contribution in [3.63, 3.8) is 0 Å². The van der Waals surface area contributed by atoms with Crippen LogP contribution in [0.5, 0.6) is 0 Å². The van der Waals surface area contributed by atoms with Crippen molar-refractivity contribution in [2.24, 2.45) is 5.92 Å². The Morgan fingerprint density at radius 2 is 1.77 bits per heavy atom. The van der Waals surface area contributed by atoms with E-state index in [2.05, 4.69) is 14.8 Å². The number of carboxylic acid groups (broad SMARTS) is 1. The molecule has 0 amide bonds. The van der Waals surface area contributed by atoms with Gasteiger partial charge in [0.2, 0.25) is 5.95 Å². The molecule has 0 bridgehead atoms. The summed E-state index contributed by atoms with van der Waals surface area (Å²) in [6.45, 7) is 5.58. The fourth-order valence-corrected chi connectivity index (χ4v) is 3.29. The van der Waals surface area contributed by atoms with Crippen LogP contribution in [0.15, 0.2) is 6.07 Å². The Balaban J connectivity index is 1.74. The second kappa shape index (κ2) is 6.50. The maximum Gasteiger partial charge on any atom is 0.306 e. The van der Waals surface area contributed by atoms with Crippen LogP contribution in [-0.4, -0.2) is 47.2 Å². The maximum atomic E-state index is 11.1. The summed E-state index contributed by atoms with van der Waals surface area (Å²) in [6, 6.07) is 2.01. The molecule has 1 N–H and O–H groups in total. The molecule has 3 heterocycles. The van der Waals surface area contributed by atoms with E-state index in [9.17, 15) is 4.79 Å². The van der Waals surface area contributed by atoms with E-state index in [4.69, 9.17) is 10.1 Å². The summed E-state index contributed by atoms with van der Waals surface area (Å²) in [7, 11) is 0. The first-order chi connectivity index (χ1) is 10.6. The zero-order valence-electron chi connectivity index (χ0n) is 13.2. The molecule has 120 valence electrons. The first kappa shape index (κ1) is 15.1. The number of aryl methyl sites for hydroxylation is 1. The minimum absolute atomic E-state index is 0.208. The highest BCUT2D eigenvalue weighted by Crippen LogP contribution is 2.25. The van der Waals surface area contributed by atoms with Gasteiger partial charge in [0.1, 0.15) is 5.82 Å². The number of hydrogen-bond donors (Lipinski definition) is 1. The predicted molar refractivity (Wildman–Crippen MR) is 85.4 cm³/mol. The minimum atomic E-state index is -0.674. The number of carbonyl (C=O) groups is 1. The molecule has 6 nitrogen and oxygen atoms in total. The van der Waals surface area contributed by atoms with E-state index in [0.717, 1.165) is 43.6 Å². The van der Waals surface area contributed by atoms with Crippen molar-refractivity contribution < 1.29 is 9.90 Å². The number of rotatable bonds is 3. The Labute approximate surface area is 131 Å². The average Bonchev–Trinajstić information content (AvgIpc) is 2.55. The molecule has 3 rings (SSSR count). The van der Waals surface area contributed by atoms with Crippen LogP contribution in [0.4, 0.5) is 11.8 Å². The van der Waals surface area contributed by atoms with Crippen molar-refractivity contribution in [2.75, 3.05) is 36.0 Å². The summed E-state index contributed by atoms with van der Waals surface area (Å²) >= 11 is 0. The van der Waals surface area contributed by atoms with Gasteiger partial charge in [0.15, 0.2) is 0 Å². The highest BCUT2D eigenvalue weighted by Gasteiger charge is 2.26. The maximum absolute atomic E-state index is 11.1. The number of piperidine rings is 2. The molecule has 6 heteroatoms. The van der Waals surface area contributed by atoms with Gasteiger partial charge in [-0.2, -0.15) is 4.98 Å². The monoisotopic (exact) mass is 304 g/mol. The molecule has 22 heavy (non-hydrogen) atoms. The van der Waals surface area contributed by atoms with Crippen LogP contribution in [0.1, 0.15) is 37.8 Å². The van der Waals surface area contributed by atoms with E-state index < -0.39 is 5.97 Å². The van der Waals surface area contributed by atoms with E-state index in [-0.39, 0.29) is 5.92 Å². The van der Waals surface area contributed by atoms with E-state index >= 15 is 0 Å². The number of nitrogens with zero attached hydrogens (tertiary/aromatic N) is 4. The molecule has 1 aromatic rings. The number of anilines is 2. The molecule has 2 aliphatic rings. The summed E-state index contributed by atoms with van der Waals surface area (Å²) in [5, 5.41) is 9.10. The van der Waals surface area contributed by atoms with E-state index in [1.165, 1.54) is 19.3 Å². The first-order valence-electron chi connectivity index (χ1n) is 8.22. The smallest absolute Gasteiger partial charge is 0.306 e. The van der Waals surface area contributed by atoms with Gasteiger partial charge in [0.25, 0.3) is 0 Å². The molecule has 0 saturated carbocycles. The minimum Gasteiger partial charge on any atom is -0.481 e. The van der Waals surface area contributed by atoms with Gasteiger partial charge in [-0.1, -0.05) is 0 Å². The zero-order valence-corrected chi connectivity index (χ0v) is 13.2. The highest BCUT2D eigenvalue weighted by molar-refractivity contribution is 5.70. The van der Waals surface area contributed by atoms with Gasteiger partial charge < -0.3 is 14.9 Å². The third-order valence-corrected chi connectivity index (χ3v) is 4.64. The Bertz CT molecular complexity index is 535. The fraction of sp³-hybridized carbons (Fsp3) is 0.688. The number of hydrogen-bond acceptors (Lipinski definition) is 5. The molecule has 0 atom stereocenters. The molecule has 0 unspecified atom stereocenters. The quantitative estimate of drug-likeness (QED) is 0.922. The predicted octanol–water partition coefficient (Wildman–Crippen LogP) is 2.08. The molecule has 0 radical (unpaired) electrons. The van der Waals surface area contributed by atoms with Gasteiger partial charge in [-0.05, 0) is 39.0 Å². The van der Waals surface area contributed by atoms with Gasteiger partial charge in [-0.25, -0.2) is 4.98 Å². The lowest BCUT2D eigenvalue weighted by Gasteiger charge is -2.32. The van der Waals surface area contributed by atoms with Gasteiger partial charge in [-0.15, -0.1) is 0 Å². The third kappa shape index (κ3) is 3.31. The molecule has 0 spiro atoms. The summed E-state index contributed by atoms with van der Waals surface area (Å²) in [6.07, 6.45) is 5.08. The largest absolute Gasteiger partial charge is 0.481 e. The lowest BCUT2D eigenvalue weighted by molar-refractivity contribution is -0.142. The van der Waals surface area contributed by atoms with Crippen molar-refractivity contribution in [1.29, 1.82) is 0 Å². The third-order valence-electron chi connectivity index (χ3n) is 4.64. The molecular weight excluding hydrogens is 280 g/mol. The lowest BCUT2D eigenvalue weighted by atomic mass is 9.97. The summed E-state index contributed by atoms with van der Waals surface area (Å²) < 4.78 is 0. The van der Waals surface area contributed by atoms with Crippen molar-refractivity contribution >= 4 is 17.7 Å². The first-order valence-corrected chi connectivity index (χ1v) is 8.22. The van der Waals surface area contributed by atoms with Crippen LogP contribution in [0.2, 0.25) is 0 Å². The SMILES string of the molecule is Cc1cc(N2CCC(C(=O)O)CC2)nc(N2CCCCC2)n1.